The van der Waals surface area contributed by atoms with Crippen molar-refractivity contribution in [3.8, 4) is 0 Å². The molecular formula is C48H102NO4P. The first-order valence-electron chi connectivity index (χ1n) is 24.8. The third-order valence-electron chi connectivity index (χ3n) is 11.4. The molecule has 0 aromatic heterocycles. The van der Waals surface area contributed by atoms with Crippen molar-refractivity contribution in [3.63, 3.8) is 0 Å². The fourth-order valence-corrected chi connectivity index (χ4v) is 8.43. The summed E-state index contributed by atoms with van der Waals surface area (Å²) in [6, 6.07) is 0. The molecule has 5 nitrogen and oxygen atoms in total. The molecule has 0 heterocycles. The number of phosphoric acid groups is 1. The average Bonchev–Trinajstić information content (AvgIpc) is 3.16. The maximum absolute atomic E-state index is 11.0. The molecule has 0 amide bonds. The Hall–Kier alpha value is 0.0700. The van der Waals surface area contributed by atoms with E-state index in [4.69, 9.17) is 0 Å². The van der Waals surface area contributed by atoms with Gasteiger partial charge in [-0.05, 0) is 57.8 Å². The van der Waals surface area contributed by atoms with Gasteiger partial charge < -0.3 is 18.4 Å². The lowest BCUT2D eigenvalue weighted by Gasteiger charge is -2.39. The molecule has 0 rings (SSSR count). The first-order valence-corrected chi connectivity index (χ1v) is 26.3. The largest absolute Gasteiger partial charge is 0.756 e. The topological polar surface area (TPSA) is 58.6 Å². The molecule has 0 N–H and O–H groups in total. The van der Waals surface area contributed by atoms with Crippen LogP contribution in [0.4, 0.5) is 0 Å². The third-order valence-corrected chi connectivity index (χ3v) is 12.4. The van der Waals surface area contributed by atoms with E-state index >= 15 is 0 Å². The predicted octanol–water partition coefficient (Wildman–Crippen LogP) is 16.5. The van der Waals surface area contributed by atoms with Crippen molar-refractivity contribution in [3.05, 3.63) is 0 Å². The Bertz CT molecular complexity index is 662. The van der Waals surface area contributed by atoms with Crippen LogP contribution in [0.2, 0.25) is 0 Å². The Balaban J connectivity index is 0. The van der Waals surface area contributed by atoms with Gasteiger partial charge in [0.05, 0.1) is 39.4 Å². The monoisotopic (exact) mass is 788 g/mol. The highest BCUT2D eigenvalue weighted by atomic mass is 31.2. The van der Waals surface area contributed by atoms with Gasteiger partial charge in [0.15, 0.2) is 0 Å². The molecule has 0 fully saturated rings. The first kappa shape index (κ1) is 56.2. The minimum absolute atomic E-state index is 0.226. The number of unbranched alkanes of at least 4 members (excludes halogenated alkanes) is 30. The second kappa shape index (κ2) is 45.8. The molecule has 0 bridgehead atoms. The van der Waals surface area contributed by atoms with Crippen LogP contribution in [0.15, 0.2) is 0 Å². The van der Waals surface area contributed by atoms with Crippen LogP contribution in [0.5, 0.6) is 0 Å². The molecule has 0 aliphatic heterocycles. The standard InChI is InChI=1S/C40H84N.C8H19O4P/c1-5-9-13-16-19-22-25-28-31-34-38-41(37-12-8-4,39-35-32-29-26-23-20-17-14-10-6-2)40-36-33-30-27-24-21-18-15-11-7-3;1-3-5-7-11-13(9,10)12-8-6-4-2/h5-40H2,1-4H3;3-8H2,1-2H3,(H,9,10)/q+1;/p-1. The summed E-state index contributed by atoms with van der Waals surface area (Å²) in [7, 11) is -4.00. The quantitative estimate of drug-likeness (QED) is 0.0351. The molecule has 0 unspecified atom stereocenters. The molecule has 0 aromatic carbocycles. The zero-order valence-corrected chi connectivity index (χ0v) is 39.1. The number of hydrogen-bond acceptors (Lipinski definition) is 4. The molecule has 0 aliphatic rings. The molecule has 54 heavy (non-hydrogen) atoms. The van der Waals surface area contributed by atoms with Crippen molar-refractivity contribution >= 4 is 7.82 Å². The van der Waals surface area contributed by atoms with Crippen molar-refractivity contribution < 1.29 is 23.0 Å². The van der Waals surface area contributed by atoms with Crippen molar-refractivity contribution in [2.75, 3.05) is 39.4 Å². The van der Waals surface area contributed by atoms with E-state index in [9.17, 15) is 9.46 Å². The maximum atomic E-state index is 11.0. The van der Waals surface area contributed by atoms with Crippen LogP contribution in [-0.4, -0.2) is 43.9 Å². The van der Waals surface area contributed by atoms with Gasteiger partial charge in [0.1, 0.15) is 0 Å². The number of hydrogen-bond donors (Lipinski definition) is 0. The number of rotatable bonds is 44. The van der Waals surface area contributed by atoms with Gasteiger partial charge in [-0.2, -0.15) is 0 Å². The van der Waals surface area contributed by atoms with Crippen LogP contribution < -0.4 is 4.89 Å². The minimum Gasteiger partial charge on any atom is -0.756 e. The summed E-state index contributed by atoms with van der Waals surface area (Å²) < 4.78 is 21.6. The summed E-state index contributed by atoms with van der Waals surface area (Å²) in [5, 5.41) is 0. The second-order valence-corrected chi connectivity index (χ2v) is 18.4. The molecule has 0 radical (unpaired) electrons. The zero-order valence-electron chi connectivity index (χ0n) is 38.2. The predicted molar refractivity (Wildman–Crippen MR) is 239 cm³/mol. The van der Waals surface area contributed by atoms with Crippen LogP contribution in [0, 0.1) is 0 Å². The van der Waals surface area contributed by atoms with Gasteiger partial charge in [-0.3, -0.25) is 4.57 Å². The van der Waals surface area contributed by atoms with Crippen molar-refractivity contribution in [1.82, 2.24) is 0 Å². The van der Waals surface area contributed by atoms with Gasteiger partial charge in [-0.25, -0.2) is 0 Å². The zero-order chi connectivity index (χ0) is 40.1. The number of phosphoric ester groups is 1. The number of nitrogens with zero attached hydrogens (tertiary/aromatic N) is 1. The molecule has 0 saturated heterocycles. The Kier molecular flexibility index (Phi) is 47.6. The fourth-order valence-electron chi connectivity index (χ4n) is 7.65. The Labute approximate surface area is 341 Å². The molecule has 0 atom stereocenters. The lowest BCUT2D eigenvalue weighted by Crippen LogP contribution is -2.50. The van der Waals surface area contributed by atoms with Gasteiger partial charge in [0.25, 0.3) is 7.82 Å². The average molecular weight is 788 g/mol. The van der Waals surface area contributed by atoms with E-state index in [1.165, 1.54) is 236 Å². The van der Waals surface area contributed by atoms with Gasteiger partial charge in [0.2, 0.25) is 0 Å². The summed E-state index contributed by atoms with van der Waals surface area (Å²) in [6.07, 6.45) is 50.0. The van der Waals surface area contributed by atoms with Gasteiger partial charge in [0, 0.05) is 0 Å². The summed E-state index contributed by atoms with van der Waals surface area (Å²) in [5.74, 6) is 0. The maximum Gasteiger partial charge on any atom is 0.267 e. The van der Waals surface area contributed by atoms with Crippen LogP contribution in [0.25, 0.3) is 0 Å². The van der Waals surface area contributed by atoms with Crippen LogP contribution in [-0.2, 0) is 13.6 Å². The van der Waals surface area contributed by atoms with Gasteiger partial charge >= 0.3 is 0 Å². The molecule has 328 valence electrons. The molecule has 6 heteroatoms. The third kappa shape index (κ3) is 43.2. The highest BCUT2D eigenvalue weighted by molar-refractivity contribution is 7.45. The molecule has 0 spiro atoms. The summed E-state index contributed by atoms with van der Waals surface area (Å²) >= 11 is 0. The lowest BCUT2D eigenvalue weighted by atomic mass is 10.0. The summed E-state index contributed by atoms with van der Waals surface area (Å²) in [6.45, 7) is 19.7. The fraction of sp³-hybridized carbons (Fsp3) is 1.00. The Morgan fingerprint density at radius 1 is 0.315 bits per heavy atom. The minimum atomic E-state index is -4.00. The highest BCUT2D eigenvalue weighted by Gasteiger charge is 2.25. The second-order valence-electron chi connectivity index (χ2n) is 17.0. The van der Waals surface area contributed by atoms with Gasteiger partial charge in [-0.1, -0.05) is 215 Å². The summed E-state index contributed by atoms with van der Waals surface area (Å²) in [4.78, 5) is 11.0. The van der Waals surface area contributed by atoms with E-state index in [2.05, 4.69) is 36.7 Å². The summed E-state index contributed by atoms with van der Waals surface area (Å²) in [5.41, 5.74) is 0. The normalized spacial score (nSPS) is 12.0. The van der Waals surface area contributed by atoms with E-state index in [0.717, 1.165) is 25.7 Å². The first-order chi connectivity index (χ1) is 26.4. The number of quaternary nitrogens is 1. The van der Waals surface area contributed by atoms with E-state index in [-0.39, 0.29) is 13.2 Å². The van der Waals surface area contributed by atoms with Gasteiger partial charge in [-0.15, -0.1) is 0 Å². The van der Waals surface area contributed by atoms with Crippen LogP contribution in [0.1, 0.15) is 273 Å². The SMILES string of the molecule is CCCCCCCCCCCC[N+](CCCC)(CCCCCCCCCCCC)CCCCCCCCCCCC.CCCCOP(=O)([O-])OCCCC. The lowest BCUT2D eigenvalue weighted by molar-refractivity contribution is -0.929. The van der Waals surface area contributed by atoms with Crippen LogP contribution in [0.3, 0.4) is 0 Å². The highest BCUT2D eigenvalue weighted by Crippen LogP contribution is 2.38. The van der Waals surface area contributed by atoms with E-state index in [1.54, 1.807) is 0 Å². The molecule has 0 saturated carbocycles. The smallest absolute Gasteiger partial charge is 0.267 e. The Morgan fingerprint density at radius 3 is 0.759 bits per heavy atom. The van der Waals surface area contributed by atoms with Crippen molar-refractivity contribution in [1.29, 1.82) is 0 Å². The van der Waals surface area contributed by atoms with Crippen molar-refractivity contribution in [2.24, 2.45) is 0 Å². The van der Waals surface area contributed by atoms with E-state index in [1.807, 2.05) is 13.8 Å². The molecular weight excluding hydrogens is 686 g/mol. The van der Waals surface area contributed by atoms with E-state index < -0.39 is 7.82 Å². The van der Waals surface area contributed by atoms with Crippen LogP contribution >= 0.6 is 7.82 Å². The molecule has 0 aliphatic carbocycles. The molecule has 0 aromatic rings. The van der Waals surface area contributed by atoms with E-state index in [0.29, 0.717) is 0 Å². The Morgan fingerprint density at radius 2 is 0.519 bits per heavy atom. The van der Waals surface area contributed by atoms with Crippen molar-refractivity contribution in [2.45, 2.75) is 273 Å².